The molecule has 0 aromatic rings. The minimum Gasteiger partial charge on any atom is -0.333 e. The molecule has 2 N–H and O–H groups in total. The Kier molecular flexibility index (Phi) is 1.66. The summed E-state index contributed by atoms with van der Waals surface area (Å²) in [7, 11) is 0. The van der Waals surface area contributed by atoms with Crippen LogP contribution in [0.25, 0.3) is 0 Å². The van der Waals surface area contributed by atoms with Crippen LogP contribution in [0.3, 0.4) is 0 Å². The quantitative estimate of drug-likeness (QED) is 0.673. The maximum Gasteiger partial charge on any atom is 0.241 e. The SMILES string of the molecule is NC1CN(C23CC4CC(CC(C4)C2)C3)C1=O. The molecule has 4 aliphatic carbocycles. The Labute approximate surface area is 96.4 Å². The van der Waals surface area contributed by atoms with Crippen molar-refractivity contribution in [1.29, 1.82) is 0 Å². The molecule has 0 radical (unpaired) electrons. The smallest absolute Gasteiger partial charge is 0.241 e. The number of likely N-dealkylation sites (tertiary alicyclic amines) is 1. The maximum absolute atomic E-state index is 11.9. The van der Waals surface area contributed by atoms with Gasteiger partial charge in [0.25, 0.3) is 0 Å². The fourth-order valence-electron chi connectivity index (χ4n) is 5.28. The lowest BCUT2D eigenvalue weighted by atomic mass is 9.52. The van der Waals surface area contributed by atoms with Gasteiger partial charge >= 0.3 is 0 Å². The molecule has 1 saturated heterocycles. The van der Waals surface area contributed by atoms with Crippen LogP contribution in [0, 0.1) is 17.8 Å². The summed E-state index contributed by atoms with van der Waals surface area (Å²) in [5.41, 5.74) is 5.99. The topological polar surface area (TPSA) is 46.3 Å². The van der Waals surface area contributed by atoms with Crippen LogP contribution in [-0.4, -0.2) is 28.9 Å². The van der Waals surface area contributed by atoms with E-state index < -0.39 is 0 Å². The molecule has 0 aromatic carbocycles. The van der Waals surface area contributed by atoms with Crippen molar-refractivity contribution in [2.75, 3.05) is 6.54 Å². The van der Waals surface area contributed by atoms with Gasteiger partial charge < -0.3 is 10.6 Å². The number of β-lactam (4-membered cyclic amide) rings is 1. The van der Waals surface area contributed by atoms with Crippen LogP contribution >= 0.6 is 0 Å². The highest BCUT2D eigenvalue weighted by Crippen LogP contribution is 2.58. The molecule has 1 amide bonds. The predicted molar refractivity (Wildman–Crippen MR) is 60.6 cm³/mol. The number of hydrogen-bond donors (Lipinski definition) is 1. The lowest BCUT2D eigenvalue weighted by Crippen LogP contribution is -2.72. The summed E-state index contributed by atoms with van der Waals surface area (Å²) in [4.78, 5) is 14.0. The molecule has 1 heterocycles. The summed E-state index contributed by atoms with van der Waals surface area (Å²) >= 11 is 0. The minimum atomic E-state index is -0.187. The Morgan fingerprint density at radius 2 is 1.56 bits per heavy atom. The maximum atomic E-state index is 11.9. The van der Waals surface area contributed by atoms with E-state index in [1.807, 2.05) is 0 Å². The molecule has 3 heteroatoms. The van der Waals surface area contributed by atoms with E-state index in [4.69, 9.17) is 5.73 Å². The van der Waals surface area contributed by atoms with Crippen molar-refractivity contribution in [3.63, 3.8) is 0 Å². The molecule has 3 nitrogen and oxygen atoms in total. The molecule has 1 aliphatic heterocycles. The van der Waals surface area contributed by atoms with Crippen LogP contribution in [-0.2, 0) is 4.79 Å². The number of carbonyl (C=O) groups is 1. The Hall–Kier alpha value is -0.570. The average molecular weight is 220 g/mol. The highest BCUT2D eigenvalue weighted by molar-refractivity contribution is 5.88. The van der Waals surface area contributed by atoms with Crippen LogP contribution in [0.5, 0.6) is 0 Å². The van der Waals surface area contributed by atoms with Gasteiger partial charge in [-0.25, -0.2) is 0 Å². The molecular weight excluding hydrogens is 200 g/mol. The molecule has 0 spiro atoms. The van der Waals surface area contributed by atoms with E-state index in [9.17, 15) is 4.79 Å². The number of carbonyl (C=O) groups excluding carboxylic acids is 1. The van der Waals surface area contributed by atoms with Gasteiger partial charge in [-0.15, -0.1) is 0 Å². The van der Waals surface area contributed by atoms with E-state index in [1.165, 1.54) is 38.5 Å². The minimum absolute atomic E-state index is 0.187. The predicted octanol–water partition coefficient (Wildman–Crippen LogP) is 1.12. The summed E-state index contributed by atoms with van der Waals surface area (Å²) in [5, 5.41) is 0. The molecule has 1 atom stereocenters. The lowest BCUT2D eigenvalue weighted by molar-refractivity contribution is -0.167. The highest BCUT2D eigenvalue weighted by atomic mass is 16.2. The van der Waals surface area contributed by atoms with Crippen LogP contribution < -0.4 is 5.73 Å². The molecule has 5 rings (SSSR count). The monoisotopic (exact) mass is 220 g/mol. The van der Waals surface area contributed by atoms with E-state index in [0.717, 1.165) is 24.3 Å². The first-order valence-corrected chi connectivity index (χ1v) is 6.73. The Balaban J connectivity index is 1.65. The van der Waals surface area contributed by atoms with Gasteiger partial charge in [-0.1, -0.05) is 0 Å². The van der Waals surface area contributed by atoms with Gasteiger partial charge in [0.15, 0.2) is 0 Å². The second-order valence-electron chi connectivity index (χ2n) is 6.70. The zero-order valence-corrected chi connectivity index (χ0v) is 9.69. The molecule has 16 heavy (non-hydrogen) atoms. The van der Waals surface area contributed by atoms with E-state index >= 15 is 0 Å². The third kappa shape index (κ3) is 1.05. The van der Waals surface area contributed by atoms with Gasteiger partial charge in [-0.3, -0.25) is 4.79 Å². The van der Waals surface area contributed by atoms with Gasteiger partial charge in [-0.05, 0) is 56.3 Å². The number of amides is 1. The van der Waals surface area contributed by atoms with Crippen molar-refractivity contribution < 1.29 is 4.79 Å². The summed E-state index contributed by atoms with van der Waals surface area (Å²) in [6.07, 6.45) is 8.14. The number of nitrogens with zero attached hydrogens (tertiary/aromatic N) is 1. The third-order valence-corrected chi connectivity index (χ3v) is 5.54. The third-order valence-electron chi connectivity index (χ3n) is 5.54. The number of rotatable bonds is 1. The molecule has 4 saturated carbocycles. The van der Waals surface area contributed by atoms with Crippen LogP contribution in [0.2, 0.25) is 0 Å². The van der Waals surface area contributed by atoms with Crippen LogP contribution in [0.15, 0.2) is 0 Å². The first-order chi connectivity index (χ1) is 7.66. The van der Waals surface area contributed by atoms with Crippen molar-refractivity contribution in [2.45, 2.75) is 50.1 Å². The summed E-state index contributed by atoms with van der Waals surface area (Å²) in [5.74, 6) is 2.96. The largest absolute Gasteiger partial charge is 0.333 e. The average Bonchev–Trinajstić information content (AvgIpc) is 2.23. The zero-order chi connectivity index (χ0) is 10.9. The van der Waals surface area contributed by atoms with Crippen molar-refractivity contribution in [1.82, 2.24) is 4.90 Å². The summed E-state index contributed by atoms with van der Waals surface area (Å²) < 4.78 is 0. The fourth-order valence-corrected chi connectivity index (χ4v) is 5.28. The van der Waals surface area contributed by atoms with Crippen molar-refractivity contribution >= 4 is 5.91 Å². The Bertz CT molecular complexity index is 317. The second-order valence-corrected chi connectivity index (χ2v) is 6.70. The fraction of sp³-hybridized carbons (Fsp3) is 0.923. The van der Waals surface area contributed by atoms with Gasteiger partial charge in [-0.2, -0.15) is 0 Å². The first-order valence-electron chi connectivity index (χ1n) is 6.73. The van der Waals surface area contributed by atoms with E-state index in [0.29, 0.717) is 0 Å². The van der Waals surface area contributed by atoms with Gasteiger partial charge in [0.2, 0.25) is 5.91 Å². The normalized spacial score (nSPS) is 54.3. The standard InChI is InChI=1S/C13H20N2O/c14-11-7-15(12(11)16)13-4-8-1-9(5-13)3-10(2-8)6-13/h8-11H,1-7,14H2. The molecule has 5 fully saturated rings. The van der Waals surface area contributed by atoms with Crippen molar-refractivity contribution in [2.24, 2.45) is 23.5 Å². The number of nitrogens with two attached hydrogens (primary N) is 1. The summed E-state index contributed by atoms with van der Waals surface area (Å²) in [6.45, 7) is 0.824. The van der Waals surface area contributed by atoms with Crippen LogP contribution in [0.4, 0.5) is 0 Å². The van der Waals surface area contributed by atoms with Gasteiger partial charge in [0.05, 0.1) is 0 Å². The molecule has 4 bridgehead atoms. The molecular formula is C13H20N2O. The zero-order valence-electron chi connectivity index (χ0n) is 9.69. The van der Waals surface area contributed by atoms with Gasteiger partial charge in [0, 0.05) is 12.1 Å². The van der Waals surface area contributed by atoms with E-state index in [1.54, 1.807) is 0 Å². The molecule has 1 unspecified atom stereocenters. The highest BCUT2D eigenvalue weighted by Gasteiger charge is 2.57. The second kappa shape index (κ2) is 2.81. The number of hydrogen-bond acceptors (Lipinski definition) is 2. The molecule has 0 aromatic heterocycles. The summed E-state index contributed by atoms with van der Waals surface area (Å²) in [6, 6.07) is -0.187. The van der Waals surface area contributed by atoms with Crippen molar-refractivity contribution in [3.8, 4) is 0 Å². The Morgan fingerprint density at radius 1 is 1.06 bits per heavy atom. The Morgan fingerprint density at radius 3 is 1.94 bits per heavy atom. The first kappa shape index (κ1) is 9.46. The lowest BCUT2D eigenvalue weighted by Gasteiger charge is -2.63. The molecule has 88 valence electrons. The van der Waals surface area contributed by atoms with Crippen LogP contribution in [0.1, 0.15) is 38.5 Å². The van der Waals surface area contributed by atoms with Gasteiger partial charge in [0.1, 0.15) is 6.04 Å². The van der Waals surface area contributed by atoms with E-state index in [-0.39, 0.29) is 17.5 Å². The van der Waals surface area contributed by atoms with E-state index in [2.05, 4.69) is 4.90 Å². The van der Waals surface area contributed by atoms with Crippen molar-refractivity contribution in [3.05, 3.63) is 0 Å². The molecule has 5 aliphatic rings.